The van der Waals surface area contributed by atoms with E-state index in [0.717, 1.165) is 25.9 Å². The van der Waals surface area contributed by atoms with Gasteiger partial charge in [-0.05, 0) is 25.0 Å². The second kappa shape index (κ2) is 6.35. The van der Waals surface area contributed by atoms with E-state index in [-0.39, 0.29) is 5.91 Å². The smallest absolute Gasteiger partial charge is 0.289 e. The third kappa shape index (κ3) is 3.47. The molecule has 0 N–H and O–H groups in total. The fraction of sp³-hybridized carbons (Fsp3) is 0.467. The van der Waals surface area contributed by atoms with Crippen LogP contribution in [0.5, 0.6) is 0 Å². The van der Waals surface area contributed by atoms with E-state index < -0.39 is 0 Å². The summed E-state index contributed by atoms with van der Waals surface area (Å²) in [6.45, 7) is 2.12. The van der Waals surface area contributed by atoms with Gasteiger partial charge in [-0.15, -0.1) is 0 Å². The number of nitrogens with zero attached hydrogens (tertiary/aromatic N) is 3. The molecule has 6 heteroatoms. The van der Waals surface area contributed by atoms with E-state index >= 15 is 0 Å². The van der Waals surface area contributed by atoms with Crippen LogP contribution < -0.4 is 0 Å². The molecule has 112 valence electrons. The number of likely N-dealkylation sites (tertiary alicyclic amines) is 1. The van der Waals surface area contributed by atoms with Crippen molar-refractivity contribution >= 4 is 17.5 Å². The van der Waals surface area contributed by atoms with Crippen LogP contribution in [0.2, 0.25) is 5.02 Å². The van der Waals surface area contributed by atoms with Gasteiger partial charge in [0.15, 0.2) is 5.76 Å². The molecule has 1 amide bonds. The van der Waals surface area contributed by atoms with Crippen LogP contribution in [0.15, 0.2) is 28.9 Å². The first-order valence-electron chi connectivity index (χ1n) is 7.28. The van der Waals surface area contributed by atoms with Crippen molar-refractivity contribution < 1.29 is 9.21 Å². The van der Waals surface area contributed by atoms with Gasteiger partial charge >= 0.3 is 0 Å². The lowest BCUT2D eigenvalue weighted by molar-refractivity contribution is 0.0727. The number of hydrogen-bond acceptors (Lipinski definition) is 3. The predicted octanol–water partition coefficient (Wildman–Crippen LogP) is 3.19. The number of amides is 1. The average Bonchev–Trinajstić information content (AvgIpc) is 3.00. The molecule has 0 bridgehead atoms. The van der Waals surface area contributed by atoms with Gasteiger partial charge in [0.25, 0.3) is 5.91 Å². The van der Waals surface area contributed by atoms with Crippen LogP contribution in [-0.2, 0) is 6.54 Å². The van der Waals surface area contributed by atoms with Gasteiger partial charge in [-0.25, -0.2) is 0 Å². The van der Waals surface area contributed by atoms with Crippen molar-refractivity contribution in [1.29, 1.82) is 0 Å². The number of hydrogen-bond donors (Lipinski definition) is 0. The van der Waals surface area contributed by atoms with E-state index in [1.807, 2.05) is 11.0 Å². The maximum Gasteiger partial charge on any atom is 0.289 e. The standard InChI is InChI=1S/C15H18ClN3O2/c16-12-9-17-19(10-12)11-13-5-6-14(21-13)15(20)18-7-3-1-2-4-8-18/h5-6,9-10H,1-4,7-8,11H2. The summed E-state index contributed by atoms with van der Waals surface area (Å²) in [5.74, 6) is 1.10. The van der Waals surface area contributed by atoms with Gasteiger partial charge in [-0.2, -0.15) is 5.10 Å². The molecular weight excluding hydrogens is 290 g/mol. The van der Waals surface area contributed by atoms with Crippen LogP contribution in [0.1, 0.15) is 42.0 Å². The minimum absolute atomic E-state index is 0.0124. The predicted molar refractivity (Wildman–Crippen MR) is 79.4 cm³/mol. The third-order valence-electron chi connectivity index (χ3n) is 3.69. The third-order valence-corrected chi connectivity index (χ3v) is 3.88. The second-order valence-electron chi connectivity index (χ2n) is 5.33. The van der Waals surface area contributed by atoms with Crippen molar-refractivity contribution in [2.75, 3.05) is 13.1 Å². The van der Waals surface area contributed by atoms with Crippen molar-refractivity contribution in [3.63, 3.8) is 0 Å². The van der Waals surface area contributed by atoms with Gasteiger partial charge in [-0.1, -0.05) is 24.4 Å². The Morgan fingerprint density at radius 2 is 2.00 bits per heavy atom. The summed E-state index contributed by atoms with van der Waals surface area (Å²) in [6.07, 6.45) is 7.85. The van der Waals surface area contributed by atoms with Gasteiger partial charge in [-0.3, -0.25) is 9.48 Å². The second-order valence-corrected chi connectivity index (χ2v) is 5.76. The minimum Gasteiger partial charge on any atom is -0.454 e. The monoisotopic (exact) mass is 307 g/mol. The molecule has 0 aromatic carbocycles. The van der Waals surface area contributed by atoms with Crippen LogP contribution >= 0.6 is 11.6 Å². The summed E-state index contributed by atoms with van der Waals surface area (Å²) >= 11 is 5.82. The van der Waals surface area contributed by atoms with Gasteiger partial charge in [0.05, 0.1) is 17.8 Å². The van der Waals surface area contributed by atoms with E-state index in [1.54, 1.807) is 23.1 Å². The highest BCUT2D eigenvalue weighted by molar-refractivity contribution is 6.30. The zero-order chi connectivity index (χ0) is 14.7. The van der Waals surface area contributed by atoms with Crippen LogP contribution in [0.3, 0.4) is 0 Å². The van der Waals surface area contributed by atoms with E-state index in [2.05, 4.69) is 5.10 Å². The maximum absolute atomic E-state index is 12.4. The number of carbonyl (C=O) groups is 1. The molecule has 2 aromatic heterocycles. The summed E-state index contributed by atoms with van der Waals surface area (Å²) in [6, 6.07) is 3.56. The average molecular weight is 308 g/mol. The molecule has 21 heavy (non-hydrogen) atoms. The van der Waals surface area contributed by atoms with E-state index in [0.29, 0.717) is 23.1 Å². The Morgan fingerprint density at radius 3 is 2.67 bits per heavy atom. The molecule has 0 saturated carbocycles. The van der Waals surface area contributed by atoms with Gasteiger partial charge in [0.2, 0.25) is 0 Å². The first-order chi connectivity index (χ1) is 10.2. The molecule has 3 rings (SSSR count). The lowest BCUT2D eigenvalue weighted by Crippen LogP contribution is -2.31. The molecule has 3 heterocycles. The van der Waals surface area contributed by atoms with Crippen LogP contribution in [0.4, 0.5) is 0 Å². The molecule has 1 aliphatic heterocycles. The van der Waals surface area contributed by atoms with Gasteiger partial charge in [0.1, 0.15) is 5.76 Å². The summed E-state index contributed by atoms with van der Waals surface area (Å²) < 4.78 is 7.34. The molecule has 0 radical (unpaired) electrons. The Bertz CT molecular complexity index is 612. The van der Waals surface area contributed by atoms with Crippen LogP contribution in [-0.4, -0.2) is 33.7 Å². The highest BCUT2D eigenvalue weighted by atomic mass is 35.5. The lowest BCUT2D eigenvalue weighted by Gasteiger charge is -2.18. The molecule has 1 fully saturated rings. The molecule has 1 aliphatic rings. The molecule has 2 aromatic rings. The van der Waals surface area contributed by atoms with Crippen molar-refractivity contribution in [2.24, 2.45) is 0 Å². The molecule has 0 spiro atoms. The fourth-order valence-electron chi connectivity index (χ4n) is 2.59. The highest BCUT2D eigenvalue weighted by Crippen LogP contribution is 2.16. The van der Waals surface area contributed by atoms with Crippen molar-refractivity contribution in [3.05, 3.63) is 41.1 Å². The molecule has 5 nitrogen and oxygen atoms in total. The number of carbonyl (C=O) groups excluding carboxylic acids is 1. The zero-order valence-corrected chi connectivity index (χ0v) is 12.6. The Kier molecular flexibility index (Phi) is 4.29. The Balaban J connectivity index is 1.67. The number of furan rings is 1. The largest absolute Gasteiger partial charge is 0.454 e. The zero-order valence-electron chi connectivity index (χ0n) is 11.8. The van der Waals surface area contributed by atoms with Crippen molar-refractivity contribution in [2.45, 2.75) is 32.2 Å². The van der Waals surface area contributed by atoms with E-state index in [9.17, 15) is 4.79 Å². The first kappa shape index (κ1) is 14.2. The Morgan fingerprint density at radius 1 is 1.24 bits per heavy atom. The molecular formula is C15H18ClN3O2. The SMILES string of the molecule is O=C(c1ccc(Cn2cc(Cl)cn2)o1)N1CCCCCC1. The summed E-state index contributed by atoms with van der Waals surface area (Å²) in [7, 11) is 0. The van der Waals surface area contributed by atoms with Crippen LogP contribution in [0.25, 0.3) is 0 Å². The molecule has 1 saturated heterocycles. The fourth-order valence-corrected chi connectivity index (χ4v) is 2.75. The summed E-state index contributed by atoms with van der Waals surface area (Å²) in [4.78, 5) is 14.3. The summed E-state index contributed by atoms with van der Waals surface area (Å²) in [5.41, 5.74) is 0. The lowest BCUT2D eigenvalue weighted by atomic mass is 10.2. The number of rotatable bonds is 3. The first-order valence-corrected chi connectivity index (χ1v) is 7.66. The van der Waals surface area contributed by atoms with Gasteiger partial charge in [0, 0.05) is 19.3 Å². The number of aromatic nitrogens is 2. The summed E-state index contributed by atoms with van der Waals surface area (Å²) in [5, 5.41) is 4.68. The maximum atomic E-state index is 12.4. The molecule has 0 aliphatic carbocycles. The Labute approximate surface area is 128 Å². The molecule has 0 unspecified atom stereocenters. The van der Waals surface area contributed by atoms with Crippen molar-refractivity contribution in [3.8, 4) is 0 Å². The molecule has 0 atom stereocenters. The quantitative estimate of drug-likeness (QED) is 0.875. The van der Waals surface area contributed by atoms with Crippen LogP contribution in [0, 0.1) is 0 Å². The van der Waals surface area contributed by atoms with E-state index in [4.69, 9.17) is 16.0 Å². The normalized spacial score (nSPS) is 16.0. The van der Waals surface area contributed by atoms with E-state index in [1.165, 1.54) is 12.8 Å². The topological polar surface area (TPSA) is 51.3 Å². The van der Waals surface area contributed by atoms with Crippen molar-refractivity contribution in [1.82, 2.24) is 14.7 Å². The Hall–Kier alpha value is -1.75. The highest BCUT2D eigenvalue weighted by Gasteiger charge is 2.20. The number of halogens is 1. The van der Waals surface area contributed by atoms with Gasteiger partial charge < -0.3 is 9.32 Å². The minimum atomic E-state index is -0.0124.